The summed E-state index contributed by atoms with van der Waals surface area (Å²) in [6.45, 7) is 0. The minimum Gasteiger partial charge on any atom is -0.744 e. The Morgan fingerprint density at radius 1 is 0.735 bits per heavy atom. The van der Waals surface area contributed by atoms with Crippen LogP contribution in [-0.2, 0) is 37.6 Å². The Morgan fingerprint density at radius 3 is 2.00 bits per heavy atom. The maximum absolute atomic E-state index is 11.8. The van der Waals surface area contributed by atoms with Gasteiger partial charge in [0.05, 0.1) is 9.79 Å². The second-order valence-electron chi connectivity index (χ2n) is 6.68. The standard InChI is InChI=1S/C20H14N2O8S2.Cr.Na/c23-15-9-8-11-4-1-2-5-12(11)19(15)22-21-14-10-17(32(28,29)30)13-6-3-7-16(31(25,26)27)18(13)20(14)24;;/h1-10,23-24H,(H,25,26,27)(H,28,29,30);;/q;;+1/p-2. The summed E-state index contributed by atoms with van der Waals surface area (Å²) in [5, 5.41) is 28.5. The molecular weight excluding hydrogens is 535 g/mol. The van der Waals surface area contributed by atoms with Crippen molar-refractivity contribution in [1.82, 2.24) is 0 Å². The number of fused-ring (bicyclic) bond motifs is 2. The monoisotopic (exact) mass is 547 g/mol. The summed E-state index contributed by atoms with van der Waals surface area (Å²) in [7, 11) is -10.3. The molecule has 0 spiro atoms. The van der Waals surface area contributed by atoms with E-state index in [1.165, 1.54) is 6.07 Å². The van der Waals surface area contributed by atoms with Crippen molar-refractivity contribution in [2.24, 2.45) is 10.2 Å². The summed E-state index contributed by atoms with van der Waals surface area (Å²) >= 11 is 0. The number of rotatable bonds is 4. The zero-order valence-corrected chi connectivity index (χ0v) is 22.1. The molecule has 0 amide bonds. The van der Waals surface area contributed by atoms with E-state index in [2.05, 4.69) is 10.2 Å². The quantitative estimate of drug-likeness (QED) is 0.212. The molecule has 0 saturated heterocycles. The van der Waals surface area contributed by atoms with E-state index in [-0.39, 0.29) is 58.4 Å². The average Bonchev–Trinajstić information content (AvgIpc) is 2.72. The summed E-state index contributed by atoms with van der Waals surface area (Å²) in [4.78, 5) is -1.82. The summed E-state index contributed by atoms with van der Waals surface area (Å²) in [6, 6.07) is 13.5. The van der Waals surface area contributed by atoms with Gasteiger partial charge in [0.2, 0.25) is 0 Å². The van der Waals surface area contributed by atoms with Crippen LogP contribution in [0.15, 0.2) is 80.7 Å². The zero-order valence-electron chi connectivity index (χ0n) is 17.2. The Morgan fingerprint density at radius 2 is 1.35 bits per heavy atom. The van der Waals surface area contributed by atoms with Crippen molar-refractivity contribution in [3.05, 3.63) is 60.7 Å². The maximum atomic E-state index is 11.8. The van der Waals surface area contributed by atoms with Gasteiger partial charge in [-0.25, -0.2) is 16.8 Å². The first-order chi connectivity index (χ1) is 15.0. The number of hydrogen-bond acceptors (Lipinski definition) is 10. The van der Waals surface area contributed by atoms with Gasteiger partial charge in [0.25, 0.3) is 0 Å². The first-order valence-electron chi connectivity index (χ1n) is 8.81. The molecule has 0 aromatic heterocycles. The van der Waals surface area contributed by atoms with Crippen molar-refractivity contribution in [1.29, 1.82) is 0 Å². The molecule has 0 aliphatic rings. The smallest absolute Gasteiger partial charge is 0.744 e. The van der Waals surface area contributed by atoms with Crippen LogP contribution in [0.3, 0.4) is 0 Å². The molecule has 34 heavy (non-hydrogen) atoms. The molecule has 0 radical (unpaired) electrons. The third-order valence-electron chi connectivity index (χ3n) is 4.71. The van der Waals surface area contributed by atoms with Crippen molar-refractivity contribution in [2.45, 2.75) is 9.79 Å². The van der Waals surface area contributed by atoms with Crippen LogP contribution in [-0.4, -0.2) is 36.2 Å². The second kappa shape index (κ2) is 10.3. The van der Waals surface area contributed by atoms with Crippen LogP contribution >= 0.6 is 0 Å². The van der Waals surface area contributed by atoms with E-state index in [1.54, 1.807) is 30.3 Å². The molecule has 0 saturated carbocycles. The second-order valence-corrected chi connectivity index (χ2v) is 9.38. The van der Waals surface area contributed by atoms with E-state index >= 15 is 0 Å². The van der Waals surface area contributed by atoms with Gasteiger partial charge in [-0.2, -0.15) is 0 Å². The SMILES string of the molecule is O=S(=O)([O-])c1cc(N=Nc2c(O)ccc3ccccc23)c(O)c2c(S(=O)(=O)[O-])cccc12.[Cr].[Na+]. The van der Waals surface area contributed by atoms with Crippen molar-refractivity contribution >= 4 is 53.2 Å². The van der Waals surface area contributed by atoms with Gasteiger partial charge >= 0.3 is 29.6 Å². The number of phenols is 2. The number of benzene rings is 4. The molecule has 170 valence electrons. The molecule has 4 rings (SSSR count). The first kappa shape index (κ1) is 28.2. The van der Waals surface area contributed by atoms with Crippen LogP contribution in [0.5, 0.6) is 11.5 Å². The fraction of sp³-hybridized carbons (Fsp3) is 0. The third kappa shape index (κ3) is 5.28. The minimum absolute atomic E-state index is 0. The van der Waals surface area contributed by atoms with Gasteiger partial charge in [0.15, 0.2) is 5.75 Å². The fourth-order valence-electron chi connectivity index (χ4n) is 3.32. The molecule has 0 aliphatic carbocycles. The van der Waals surface area contributed by atoms with Gasteiger partial charge in [-0.05, 0) is 23.6 Å². The molecule has 14 heteroatoms. The summed E-state index contributed by atoms with van der Waals surface area (Å²) in [5.74, 6) is -1.14. The van der Waals surface area contributed by atoms with E-state index in [0.29, 0.717) is 16.8 Å². The Balaban J connectivity index is 0.00000204. The Labute approximate surface area is 226 Å². The number of hydrogen-bond donors (Lipinski definition) is 2. The van der Waals surface area contributed by atoms with Gasteiger partial charge < -0.3 is 19.3 Å². The van der Waals surface area contributed by atoms with Gasteiger partial charge in [-0.1, -0.05) is 42.5 Å². The van der Waals surface area contributed by atoms with Crippen LogP contribution < -0.4 is 29.6 Å². The summed E-state index contributed by atoms with van der Waals surface area (Å²) < 4.78 is 70.4. The molecule has 0 heterocycles. The molecule has 4 aromatic rings. The van der Waals surface area contributed by atoms with Crippen LogP contribution in [0.4, 0.5) is 11.4 Å². The fourth-order valence-corrected chi connectivity index (χ4v) is 4.72. The molecule has 0 aliphatic heterocycles. The summed E-state index contributed by atoms with van der Waals surface area (Å²) in [5.41, 5.74) is -0.603. The van der Waals surface area contributed by atoms with E-state index in [0.717, 1.165) is 18.2 Å². The molecule has 0 bridgehead atoms. The largest absolute Gasteiger partial charge is 1.00 e. The molecule has 10 nitrogen and oxygen atoms in total. The predicted molar refractivity (Wildman–Crippen MR) is 111 cm³/mol. The normalized spacial score (nSPS) is 11.9. The summed E-state index contributed by atoms with van der Waals surface area (Å²) in [6.07, 6.45) is 0. The number of aromatic hydroxyl groups is 2. The van der Waals surface area contributed by atoms with Gasteiger partial charge in [0, 0.05) is 33.5 Å². The van der Waals surface area contributed by atoms with E-state index < -0.39 is 52.2 Å². The molecule has 0 atom stereocenters. The number of nitrogens with zero attached hydrogens (tertiary/aromatic N) is 2. The Hall–Kier alpha value is -2.05. The minimum atomic E-state index is -5.17. The first-order valence-corrected chi connectivity index (χ1v) is 11.6. The average molecular weight is 547 g/mol. The van der Waals surface area contributed by atoms with Crippen molar-refractivity contribution < 1.29 is 83.1 Å². The third-order valence-corrected chi connectivity index (χ3v) is 6.47. The molecule has 0 fully saturated rings. The van der Waals surface area contributed by atoms with Gasteiger partial charge in [-0.15, -0.1) is 10.2 Å². The predicted octanol–water partition coefficient (Wildman–Crippen LogP) is 0.629. The van der Waals surface area contributed by atoms with Crippen molar-refractivity contribution in [3.8, 4) is 11.5 Å². The maximum Gasteiger partial charge on any atom is 1.00 e. The molecule has 2 N–H and O–H groups in total. The molecular formula is C20H12CrN2NaO8S2-. The van der Waals surface area contributed by atoms with E-state index in [1.807, 2.05) is 0 Å². The van der Waals surface area contributed by atoms with E-state index in [9.17, 15) is 36.2 Å². The van der Waals surface area contributed by atoms with E-state index in [4.69, 9.17) is 0 Å². The van der Waals surface area contributed by atoms with Crippen LogP contribution in [0.2, 0.25) is 0 Å². The van der Waals surface area contributed by atoms with Crippen LogP contribution in [0, 0.1) is 0 Å². The topological polar surface area (TPSA) is 180 Å². The van der Waals surface area contributed by atoms with Crippen molar-refractivity contribution in [3.63, 3.8) is 0 Å². The number of phenolic OH excluding ortho intramolecular Hbond substituents is 2. The molecule has 4 aromatic carbocycles. The van der Waals surface area contributed by atoms with Gasteiger partial charge in [0.1, 0.15) is 37.4 Å². The Kier molecular flexibility index (Phi) is 8.53. The van der Waals surface area contributed by atoms with Crippen LogP contribution in [0.25, 0.3) is 21.5 Å². The zero-order chi connectivity index (χ0) is 23.3. The molecule has 0 unspecified atom stereocenters. The Bertz CT molecular complexity index is 1660. The van der Waals surface area contributed by atoms with Gasteiger partial charge in [-0.3, -0.25) is 0 Å². The number of azo groups is 1. The van der Waals surface area contributed by atoms with Crippen LogP contribution in [0.1, 0.15) is 0 Å². The van der Waals surface area contributed by atoms with Crippen molar-refractivity contribution in [2.75, 3.05) is 0 Å².